The van der Waals surface area contributed by atoms with Crippen LogP contribution < -0.4 is 4.90 Å². The molecule has 0 N–H and O–H groups in total. The van der Waals surface area contributed by atoms with Crippen molar-refractivity contribution in [3.05, 3.63) is 42.2 Å². The van der Waals surface area contributed by atoms with Crippen molar-refractivity contribution in [1.29, 1.82) is 0 Å². The Balaban J connectivity index is 1.27. The summed E-state index contributed by atoms with van der Waals surface area (Å²) >= 11 is 0. The van der Waals surface area contributed by atoms with E-state index in [1.807, 2.05) is 4.90 Å². The average Bonchev–Trinajstić information content (AvgIpc) is 2.89. The van der Waals surface area contributed by atoms with Gasteiger partial charge in [0.15, 0.2) is 0 Å². The zero-order valence-electron chi connectivity index (χ0n) is 21.0. The number of rotatable bonds is 7. The summed E-state index contributed by atoms with van der Waals surface area (Å²) in [6.45, 7) is 11.1. The molecule has 36 heavy (non-hydrogen) atoms. The van der Waals surface area contributed by atoms with Crippen LogP contribution in [0.15, 0.2) is 36.7 Å². The molecular formula is C26H35F3N6O. The maximum absolute atomic E-state index is 13.3. The van der Waals surface area contributed by atoms with Crippen LogP contribution in [0.5, 0.6) is 0 Å². The summed E-state index contributed by atoms with van der Waals surface area (Å²) in [6, 6.07) is 5.96. The molecule has 2 aliphatic heterocycles. The topological polar surface area (TPSA) is 55.8 Å². The van der Waals surface area contributed by atoms with Crippen LogP contribution in [0, 0.1) is 0 Å². The summed E-state index contributed by atoms with van der Waals surface area (Å²) < 4.78 is 40.0. The van der Waals surface area contributed by atoms with Gasteiger partial charge in [-0.25, -0.2) is 4.98 Å². The predicted octanol–water partition coefficient (Wildman–Crippen LogP) is 3.62. The molecule has 2 fully saturated rings. The monoisotopic (exact) mass is 504 g/mol. The number of carbonyl (C=O) groups excluding carboxylic acids is 1. The average molecular weight is 505 g/mol. The molecule has 2 aromatic rings. The van der Waals surface area contributed by atoms with E-state index in [4.69, 9.17) is 0 Å². The Morgan fingerprint density at radius 3 is 2.28 bits per heavy atom. The van der Waals surface area contributed by atoms with Crippen LogP contribution in [0.1, 0.15) is 32.3 Å². The van der Waals surface area contributed by atoms with E-state index < -0.39 is 11.7 Å². The van der Waals surface area contributed by atoms with Gasteiger partial charge in [0, 0.05) is 64.0 Å². The van der Waals surface area contributed by atoms with Crippen molar-refractivity contribution in [3.63, 3.8) is 0 Å². The molecule has 3 heterocycles. The Morgan fingerprint density at radius 1 is 0.972 bits per heavy atom. The Labute approximate surface area is 210 Å². The van der Waals surface area contributed by atoms with Gasteiger partial charge in [-0.1, -0.05) is 31.5 Å². The van der Waals surface area contributed by atoms with Crippen LogP contribution in [-0.4, -0.2) is 95.5 Å². The molecular weight excluding hydrogens is 469 g/mol. The van der Waals surface area contributed by atoms with Crippen molar-refractivity contribution in [3.8, 4) is 11.3 Å². The van der Waals surface area contributed by atoms with E-state index >= 15 is 0 Å². The molecule has 0 spiro atoms. The minimum Gasteiger partial charge on any atom is -0.353 e. The van der Waals surface area contributed by atoms with Gasteiger partial charge >= 0.3 is 6.18 Å². The van der Waals surface area contributed by atoms with Crippen molar-refractivity contribution in [2.75, 3.05) is 63.8 Å². The zero-order valence-corrected chi connectivity index (χ0v) is 21.0. The third kappa shape index (κ3) is 6.34. The quantitative estimate of drug-likeness (QED) is 0.574. The van der Waals surface area contributed by atoms with Crippen molar-refractivity contribution >= 4 is 11.7 Å². The van der Waals surface area contributed by atoms with Gasteiger partial charge in [-0.15, -0.1) is 0 Å². The van der Waals surface area contributed by atoms with E-state index in [2.05, 4.69) is 38.5 Å². The summed E-state index contributed by atoms with van der Waals surface area (Å²) in [7, 11) is 0. The minimum absolute atomic E-state index is 0.0213. The lowest BCUT2D eigenvalue weighted by atomic mass is 10.0. The van der Waals surface area contributed by atoms with E-state index in [1.54, 1.807) is 6.07 Å². The lowest BCUT2D eigenvalue weighted by Crippen LogP contribution is -2.55. The second kappa shape index (κ2) is 11.6. The number of amides is 1. The minimum atomic E-state index is -4.45. The van der Waals surface area contributed by atoms with Crippen LogP contribution in [0.4, 0.5) is 19.0 Å². The van der Waals surface area contributed by atoms with Gasteiger partial charge in [-0.3, -0.25) is 19.6 Å². The second-order valence-corrected chi connectivity index (χ2v) is 9.62. The van der Waals surface area contributed by atoms with Crippen LogP contribution in [0.25, 0.3) is 11.3 Å². The lowest BCUT2D eigenvalue weighted by Gasteiger charge is -2.40. The summed E-state index contributed by atoms with van der Waals surface area (Å²) in [4.78, 5) is 30.2. The second-order valence-electron chi connectivity index (χ2n) is 9.62. The standard InChI is InChI=1S/C26H35F3N6O/c1-3-6-20(2)33-13-15-35(16-14-33)25(36)19-32-9-11-34(12-10-32)24-18-30-23(17-31-24)21-7-4-5-8-22(21)26(27,28)29/h4-5,7-8,17-18,20H,3,6,9-16,19H2,1-2H3. The third-order valence-electron chi connectivity index (χ3n) is 7.20. The lowest BCUT2D eigenvalue weighted by molar-refractivity contribution is -0.137. The third-order valence-corrected chi connectivity index (χ3v) is 7.20. The van der Waals surface area contributed by atoms with E-state index in [9.17, 15) is 18.0 Å². The highest BCUT2D eigenvalue weighted by Crippen LogP contribution is 2.36. The van der Waals surface area contributed by atoms with Gasteiger partial charge in [-0.05, 0) is 19.4 Å². The molecule has 1 aromatic carbocycles. The highest BCUT2D eigenvalue weighted by atomic mass is 19.4. The fourth-order valence-corrected chi connectivity index (χ4v) is 5.02. The summed E-state index contributed by atoms with van der Waals surface area (Å²) in [5.41, 5.74) is -0.504. The molecule has 0 radical (unpaired) electrons. The fourth-order valence-electron chi connectivity index (χ4n) is 5.02. The molecule has 2 saturated heterocycles. The highest BCUT2D eigenvalue weighted by Gasteiger charge is 2.34. The van der Waals surface area contributed by atoms with Crippen molar-refractivity contribution in [2.24, 2.45) is 0 Å². The number of carbonyl (C=O) groups is 1. The largest absolute Gasteiger partial charge is 0.417 e. The number of benzene rings is 1. The Bertz CT molecular complexity index is 999. The van der Waals surface area contributed by atoms with E-state index in [0.717, 1.165) is 45.3 Å². The number of hydrogen-bond acceptors (Lipinski definition) is 6. The Morgan fingerprint density at radius 2 is 1.67 bits per heavy atom. The molecule has 4 rings (SSSR count). The summed E-state index contributed by atoms with van der Waals surface area (Å²) in [6.07, 6.45) is 0.838. The maximum Gasteiger partial charge on any atom is 0.417 e. The number of nitrogens with zero attached hydrogens (tertiary/aromatic N) is 6. The summed E-state index contributed by atoms with van der Waals surface area (Å²) in [5, 5.41) is 0. The van der Waals surface area contributed by atoms with Gasteiger partial charge in [-0.2, -0.15) is 13.2 Å². The smallest absolute Gasteiger partial charge is 0.353 e. The van der Waals surface area contributed by atoms with Gasteiger partial charge in [0.2, 0.25) is 5.91 Å². The van der Waals surface area contributed by atoms with Crippen molar-refractivity contribution < 1.29 is 18.0 Å². The molecule has 1 aromatic heterocycles. The van der Waals surface area contributed by atoms with E-state index in [0.29, 0.717) is 31.5 Å². The number of aromatic nitrogens is 2. The first kappa shape index (κ1) is 26.3. The molecule has 0 aliphatic carbocycles. The van der Waals surface area contributed by atoms with Crippen molar-refractivity contribution in [2.45, 2.75) is 38.9 Å². The number of anilines is 1. The molecule has 1 unspecified atom stereocenters. The molecule has 10 heteroatoms. The molecule has 7 nitrogen and oxygen atoms in total. The highest BCUT2D eigenvalue weighted by molar-refractivity contribution is 5.78. The molecule has 2 aliphatic rings. The predicted molar refractivity (Wildman–Crippen MR) is 134 cm³/mol. The SMILES string of the molecule is CCCC(C)N1CCN(C(=O)CN2CCN(c3cnc(-c4ccccc4C(F)(F)F)cn3)CC2)CC1. The van der Waals surface area contributed by atoms with Crippen LogP contribution in [-0.2, 0) is 11.0 Å². The Kier molecular flexibility index (Phi) is 8.46. The normalized spacial score (nSPS) is 18.9. The van der Waals surface area contributed by atoms with Crippen LogP contribution in [0.3, 0.4) is 0 Å². The van der Waals surface area contributed by atoms with Gasteiger partial charge in [0.05, 0.1) is 30.2 Å². The molecule has 1 atom stereocenters. The zero-order chi connectivity index (χ0) is 25.7. The number of halogens is 3. The first-order valence-electron chi connectivity index (χ1n) is 12.7. The van der Waals surface area contributed by atoms with Gasteiger partial charge < -0.3 is 9.80 Å². The maximum atomic E-state index is 13.3. The molecule has 0 bridgehead atoms. The summed E-state index contributed by atoms with van der Waals surface area (Å²) in [5.74, 6) is 0.810. The van der Waals surface area contributed by atoms with Crippen LogP contribution in [0.2, 0.25) is 0 Å². The van der Waals surface area contributed by atoms with Gasteiger partial charge in [0.1, 0.15) is 5.82 Å². The van der Waals surface area contributed by atoms with Gasteiger partial charge in [0.25, 0.3) is 0 Å². The molecule has 196 valence electrons. The fraction of sp³-hybridized carbons (Fsp3) is 0.577. The number of alkyl halides is 3. The molecule has 0 saturated carbocycles. The Hall–Kier alpha value is -2.72. The first-order valence-corrected chi connectivity index (χ1v) is 12.7. The van der Waals surface area contributed by atoms with E-state index in [1.165, 1.54) is 37.4 Å². The van der Waals surface area contributed by atoms with E-state index in [-0.39, 0.29) is 17.2 Å². The van der Waals surface area contributed by atoms with Crippen LogP contribution >= 0.6 is 0 Å². The number of hydrogen-bond donors (Lipinski definition) is 0. The first-order chi connectivity index (χ1) is 17.3. The van der Waals surface area contributed by atoms with Crippen molar-refractivity contribution in [1.82, 2.24) is 24.7 Å². The molecule has 1 amide bonds. The number of piperazine rings is 2.